The van der Waals surface area contributed by atoms with Crippen LogP contribution in [0.5, 0.6) is 0 Å². The highest BCUT2D eigenvalue weighted by atomic mass is 32.1. The average Bonchev–Trinajstić information content (AvgIpc) is 2.53. The zero-order chi connectivity index (χ0) is 15.5. The van der Waals surface area contributed by atoms with Gasteiger partial charge < -0.3 is 4.98 Å². The predicted octanol–water partition coefficient (Wildman–Crippen LogP) is 4.37. The van der Waals surface area contributed by atoms with Crippen molar-refractivity contribution in [1.82, 2.24) is 9.97 Å². The SMILES string of the molecule is O=[N+]([O-])c1cccc(C=Cc2nc(=S)c3ccccc3[nH]2)c1. The first kappa shape index (κ1) is 14.1. The third kappa shape index (κ3) is 2.91. The number of nitrogens with one attached hydrogen (secondary N) is 1. The lowest BCUT2D eigenvalue weighted by Crippen LogP contribution is -1.90. The number of non-ortho nitro benzene ring substituents is 1. The second kappa shape index (κ2) is 5.87. The van der Waals surface area contributed by atoms with Gasteiger partial charge in [0.25, 0.3) is 5.69 Å². The zero-order valence-corrected chi connectivity index (χ0v) is 12.2. The van der Waals surface area contributed by atoms with Gasteiger partial charge in [0.1, 0.15) is 10.5 Å². The molecule has 0 aliphatic rings. The monoisotopic (exact) mass is 309 g/mol. The Morgan fingerprint density at radius 1 is 1.14 bits per heavy atom. The number of H-pyrrole nitrogens is 1. The lowest BCUT2D eigenvalue weighted by molar-refractivity contribution is -0.384. The fourth-order valence-corrected chi connectivity index (χ4v) is 2.39. The molecule has 0 amide bonds. The molecular formula is C16H11N3O2S. The number of aromatic nitrogens is 2. The van der Waals surface area contributed by atoms with E-state index in [-0.39, 0.29) is 5.69 Å². The number of para-hydroxylation sites is 1. The Morgan fingerprint density at radius 2 is 1.95 bits per heavy atom. The standard InChI is InChI=1S/C16H11N3O2S/c20-19(21)12-5-3-4-11(10-12)8-9-15-17-14-7-2-1-6-13(14)16(22)18-15/h1-10H,(H,17,18,22). The lowest BCUT2D eigenvalue weighted by Gasteiger charge is -2.00. The van der Waals surface area contributed by atoms with Gasteiger partial charge in [-0.05, 0) is 23.8 Å². The molecule has 0 spiro atoms. The molecule has 0 aliphatic carbocycles. The molecule has 3 aromatic rings. The van der Waals surface area contributed by atoms with Gasteiger partial charge in [0.15, 0.2) is 0 Å². The first-order valence-electron chi connectivity index (χ1n) is 6.55. The van der Waals surface area contributed by atoms with E-state index < -0.39 is 4.92 Å². The van der Waals surface area contributed by atoms with Gasteiger partial charge in [0, 0.05) is 23.0 Å². The molecule has 0 radical (unpaired) electrons. The predicted molar refractivity (Wildman–Crippen MR) is 89.0 cm³/mol. The maximum absolute atomic E-state index is 10.8. The van der Waals surface area contributed by atoms with Crippen molar-refractivity contribution in [3.8, 4) is 0 Å². The summed E-state index contributed by atoms with van der Waals surface area (Å²) in [4.78, 5) is 17.8. The highest BCUT2D eigenvalue weighted by molar-refractivity contribution is 7.71. The topological polar surface area (TPSA) is 71.8 Å². The summed E-state index contributed by atoms with van der Waals surface area (Å²) < 4.78 is 0.521. The van der Waals surface area contributed by atoms with E-state index in [1.807, 2.05) is 24.3 Å². The largest absolute Gasteiger partial charge is 0.340 e. The Morgan fingerprint density at radius 3 is 2.77 bits per heavy atom. The van der Waals surface area contributed by atoms with Crippen molar-refractivity contribution in [3.63, 3.8) is 0 Å². The van der Waals surface area contributed by atoms with E-state index in [0.29, 0.717) is 10.5 Å². The Bertz CT molecular complexity index is 947. The molecule has 0 saturated heterocycles. The van der Waals surface area contributed by atoms with Gasteiger partial charge in [-0.15, -0.1) is 0 Å². The van der Waals surface area contributed by atoms with Crippen LogP contribution in [0.1, 0.15) is 11.4 Å². The van der Waals surface area contributed by atoms with E-state index in [1.54, 1.807) is 24.3 Å². The molecule has 108 valence electrons. The highest BCUT2D eigenvalue weighted by Gasteiger charge is 2.04. The molecule has 0 unspecified atom stereocenters. The van der Waals surface area contributed by atoms with Gasteiger partial charge >= 0.3 is 0 Å². The molecule has 6 heteroatoms. The molecule has 1 heterocycles. The fourth-order valence-electron chi connectivity index (χ4n) is 2.11. The van der Waals surface area contributed by atoms with Crippen molar-refractivity contribution < 1.29 is 4.92 Å². The Hall–Kier alpha value is -2.86. The van der Waals surface area contributed by atoms with Crippen LogP contribution in [0.3, 0.4) is 0 Å². The van der Waals surface area contributed by atoms with Crippen molar-refractivity contribution in [3.05, 3.63) is 74.7 Å². The molecule has 0 aliphatic heterocycles. The van der Waals surface area contributed by atoms with Crippen molar-refractivity contribution >= 4 is 41.0 Å². The van der Waals surface area contributed by atoms with E-state index in [4.69, 9.17) is 12.2 Å². The van der Waals surface area contributed by atoms with E-state index in [9.17, 15) is 10.1 Å². The summed E-state index contributed by atoms with van der Waals surface area (Å²) in [6.45, 7) is 0. The molecule has 0 fully saturated rings. The number of fused-ring (bicyclic) bond motifs is 1. The zero-order valence-electron chi connectivity index (χ0n) is 11.4. The van der Waals surface area contributed by atoms with Crippen molar-refractivity contribution in [2.24, 2.45) is 0 Å². The van der Waals surface area contributed by atoms with Crippen LogP contribution in [0.15, 0.2) is 48.5 Å². The van der Waals surface area contributed by atoms with Crippen LogP contribution < -0.4 is 0 Å². The van der Waals surface area contributed by atoms with Crippen molar-refractivity contribution in [2.45, 2.75) is 0 Å². The summed E-state index contributed by atoms with van der Waals surface area (Å²) in [6.07, 6.45) is 3.51. The lowest BCUT2D eigenvalue weighted by atomic mass is 10.2. The van der Waals surface area contributed by atoms with Crippen LogP contribution >= 0.6 is 12.2 Å². The van der Waals surface area contributed by atoms with Gasteiger partial charge in [-0.25, -0.2) is 4.98 Å². The molecule has 1 aromatic heterocycles. The Balaban J connectivity index is 1.97. The van der Waals surface area contributed by atoms with Gasteiger partial charge in [-0.3, -0.25) is 10.1 Å². The average molecular weight is 309 g/mol. The number of hydrogen-bond donors (Lipinski definition) is 1. The highest BCUT2D eigenvalue weighted by Crippen LogP contribution is 2.16. The summed E-state index contributed by atoms with van der Waals surface area (Å²) in [7, 11) is 0. The van der Waals surface area contributed by atoms with E-state index in [2.05, 4.69) is 9.97 Å². The summed E-state index contributed by atoms with van der Waals surface area (Å²) in [6, 6.07) is 14.1. The fraction of sp³-hybridized carbons (Fsp3) is 0. The number of nitrogens with zero attached hydrogens (tertiary/aromatic N) is 2. The maximum atomic E-state index is 10.8. The van der Waals surface area contributed by atoms with Gasteiger partial charge in [-0.1, -0.05) is 42.6 Å². The summed E-state index contributed by atoms with van der Waals surface area (Å²) in [5, 5.41) is 11.7. The second-order valence-electron chi connectivity index (χ2n) is 4.66. The van der Waals surface area contributed by atoms with Crippen molar-refractivity contribution in [1.29, 1.82) is 0 Å². The minimum Gasteiger partial charge on any atom is -0.340 e. The maximum Gasteiger partial charge on any atom is 0.270 e. The Labute approximate surface area is 131 Å². The van der Waals surface area contributed by atoms with Gasteiger partial charge in [0.05, 0.1) is 4.92 Å². The quantitative estimate of drug-likeness (QED) is 0.443. The molecule has 2 aromatic carbocycles. The minimum atomic E-state index is -0.418. The van der Waals surface area contributed by atoms with Crippen LogP contribution in [0.2, 0.25) is 0 Å². The molecule has 0 bridgehead atoms. The summed E-state index contributed by atoms with van der Waals surface area (Å²) >= 11 is 5.27. The van der Waals surface area contributed by atoms with E-state index >= 15 is 0 Å². The molecule has 3 rings (SSSR count). The van der Waals surface area contributed by atoms with E-state index in [1.165, 1.54) is 12.1 Å². The summed E-state index contributed by atoms with van der Waals surface area (Å²) in [5.41, 5.74) is 1.69. The van der Waals surface area contributed by atoms with Crippen LogP contribution in [-0.2, 0) is 0 Å². The van der Waals surface area contributed by atoms with E-state index in [0.717, 1.165) is 16.5 Å². The first-order chi connectivity index (χ1) is 10.6. The first-order valence-corrected chi connectivity index (χ1v) is 6.96. The third-order valence-electron chi connectivity index (χ3n) is 3.16. The number of rotatable bonds is 3. The van der Waals surface area contributed by atoms with Gasteiger partial charge in [-0.2, -0.15) is 0 Å². The Kier molecular flexibility index (Phi) is 3.76. The number of benzene rings is 2. The number of aromatic amines is 1. The molecule has 1 N–H and O–H groups in total. The number of nitro groups is 1. The van der Waals surface area contributed by atoms with Crippen LogP contribution in [-0.4, -0.2) is 14.9 Å². The number of nitro benzene ring substituents is 1. The summed E-state index contributed by atoms with van der Waals surface area (Å²) in [5.74, 6) is 0.607. The van der Waals surface area contributed by atoms with Crippen LogP contribution in [0, 0.1) is 14.8 Å². The van der Waals surface area contributed by atoms with Crippen LogP contribution in [0.25, 0.3) is 23.1 Å². The second-order valence-corrected chi connectivity index (χ2v) is 5.04. The molecule has 5 nitrogen and oxygen atoms in total. The number of hydrogen-bond acceptors (Lipinski definition) is 4. The molecule has 0 saturated carbocycles. The molecule has 0 atom stereocenters. The van der Waals surface area contributed by atoms with Crippen LogP contribution in [0.4, 0.5) is 5.69 Å². The minimum absolute atomic E-state index is 0.0570. The molecular weight excluding hydrogens is 298 g/mol. The smallest absolute Gasteiger partial charge is 0.270 e. The normalized spacial score (nSPS) is 11.1. The van der Waals surface area contributed by atoms with Gasteiger partial charge in [0.2, 0.25) is 0 Å². The van der Waals surface area contributed by atoms with Crippen molar-refractivity contribution in [2.75, 3.05) is 0 Å². The third-order valence-corrected chi connectivity index (χ3v) is 3.47. The molecule has 22 heavy (non-hydrogen) atoms.